The average Bonchev–Trinajstić information content (AvgIpc) is 3.21. The van der Waals surface area contributed by atoms with Gasteiger partial charge in [-0.15, -0.1) is 0 Å². The van der Waals surface area contributed by atoms with Crippen LogP contribution in [-0.4, -0.2) is 54.3 Å². The van der Waals surface area contributed by atoms with Crippen LogP contribution in [0.3, 0.4) is 0 Å². The fourth-order valence-corrected chi connectivity index (χ4v) is 3.39. The number of hydrogen-bond donors (Lipinski definition) is 1. The first kappa shape index (κ1) is 20.1. The quantitative estimate of drug-likeness (QED) is 0.828. The monoisotopic (exact) mass is 387 g/mol. The van der Waals surface area contributed by atoms with Gasteiger partial charge in [-0.1, -0.05) is 26.0 Å². The largest absolute Gasteiger partial charge is 0.459 e. The molecular formula is C21H26FN3O3. The Morgan fingerprint density at radius 1 is 1.11 bits per heavy atom. The van der Waals surface area contributed by atoms with Gasteiger partial charge in [-0.05, 0) is 35.7 Å². The summed E-state index contributed by atoms with van der Waals surface area (Å²) in [6.07, 6.45) is 1.49. The van der Waals surface area contributed by atoms with Gasteiger partial charge in [0.1, 0.15) is 5.82 Å². The van der Waals surface area contributed by atoms with Crippen molar-refractivity contribution >= 4 is 11.8 Å². The molecular weight excluding hydrogens is 361 g/mol. The van der Waals surface area contributed by atoms with Crippen molar-refractivity contribution in [2.75, 3.05) is 32.7 Å². The second-order valence-electron chi connectivity index (χ2n) is 7.39. The Balaban J connectivity index is 1.51. The van der Waals surface area contributed by atoms with Gasteiger partial charge in [-0.25, -0.2) is 4.39 Å². The Hall–Kier alpha value is -2.67. The molecule has 0 radical (unpaired) electrons. The number of halogens is 1. The predicted molar refractivity (Wildman–Crippen MR) is 103 cm³/mol. The van der Waals surface area contributed by atoms with Gasteiger partial charge in [0.05, 0.1) is 18.8 Å². The molecule has 1 aliphatic rings. The molecule has 1 aliphatic heterocycles. The molecule has 0 saturated carbocycles. The first-order valence-corrected chi connectivity index (χ1v) is 9.54. The number of piperazine rings is 1. The van der Waals surface area contributed by atoms with E-state index in [-0.39, 0.29) is 36.1 Å². The number of carbonyl (C=O) groups excluding carboxylic acids is 2. The van der Waals surface area contributed by atoms with Gasteiger partial charge in [0.15, 0.2) is 5.76 Å². The standard InChI is InChI=1S/C21H26FN3O3/c1-15(2)20(16-5-7-17(22)8-6-16)23-19(26)14-24-9-11-25(12-10-24)21(27)18-4-3-13-28-18/h3-8,13,15,20H,9-12,14H2,1-2H3,(H,23,26). The zero-order chi connectivity index (χ0) is 20.1. The number of benzene rings is 1. The van der Waals surface area contributed by atoms with Gasteiger partial charge in [0.25, 0.3) is 5.91 Å². The van der Waals surface area contributed by atoms with Crippen LogP contribution in [0.2, 0.25) is 0 Å². The lowest BCUT2D eigenvalue weighted by Crippen LogP contribution is -2.51. The fourth-order valence-electron chi connectivity index (χ4n) is 3.39. The van der Waals surface area contributed by atoms with Gasteiger partial charge in [-0.2, -0.15) is 0 Å². The SMILES string of the molecule is CC(C)C(NC(=O)CN1CCN(C(=O)c2ccco2)CC1)c1ccc(F)cc1. The zero-order valence-electron chi connectivity index (χ0n) is 16.2. The Labute approximate surface area is 164 Å². The molecule has 3 rings (SSSR count). The van der Waals surface area contributed by atoms with Crippen LogP contribution in [0.1, 0.15) is 36.0 Å². The molecule has 2 aromatic rings. The zero-order valence-corrected chi connectivity index (χ0v) is 16.2. The highest BCUT2D eigenvalue weighted by Gasteiger charge is 2.25. The maximum atomic E-state index is 13.2. The maximum Gasteiger partial charge on any atom is 0.289 e. The molecule has 6 nitrogen and oxygen atoms in total. The smallest absolute Gasteiger partial charge is 0.289 e. The third-order valence-corrected chi connectivity index (χ3v) is 4.97. The topological polar surface area (TPSA) is 65.8 Å². The van der Waals surface area contributed by atoms with E-state index in [0.717, 1.165) is 5.56 Å². The van der Waals surface area contributed by atoms with Crippen molar-refractivity contribution in [3.8, 4) is 0 Å². The number of nitrogens with zero attached hydrogens (tertiary/aromatic N) is 2. The van der Waals surface area contributed by atoms with E-state index in [1.54, 1.807) is 29.2 Å². The van der Waals surface area contributed by atoms with Crippen molar-refractivity contribution in [3.63, 3.8) is 0 Å². The highest BCUT2D eigenvalue weighted by atomic mass is 19.1. The van der Waals surface area contributed by atoms with E-state index in [2.05, 4.69) is 5.32 Å². The summed E-state index contributed by atoms with van der Waals surface area (Å²) < 4.78 is 18.3. The molecule has 0 bridgehead atoms. The van der Waals surface area contributed by atoms with Crippen molar-refractivity contribution in [1.82, 2.24) is 15.1 Å². The second kappa shape index (κ2) is 9.01. The molecule has 1 aromatic heterocycles. The summed E-state index contributed by atoms with van der Waals surface area (Å²) in [5, 5.41) is 3.06. The van der Waals surface area contributed by atoms with Gasteiger partial charge >= 0.3 is 0 Å². The van der Waals surface area contributed by atoms with E-state index < -0.39 is 0 Å². The number of hydrogen-bond acceptors (Lipinski definition) is 4. The van der Waals surface area contributed by atoms with Crippen LogP contribution < -0.4 is 5.32 Å². The lowest BCUT2D eigenvalue weighted by atomic mass is 9.96. The van der Waals surface area contributed by atoms with Crippen LogP contribution in [0.5, 0.6) is 0 Å². The molecule has 1 fully saturated rings. The van der Waals surface area contributed by atoms with E-state index >= 15 is 0 Å². The lowest BCUT2D eigenvalue weighted by molar-refractivity contribution is -0.123. The summed E-state index contributed by atoms with van der Waals surface area (Å²) in [5.74, 6) is 0.0288. The Morgan fingerprint density at radius 2 is 1.79 bits per heavy atom. The molecule has 0 aliphatic carbocycles. The first-order chi connectivity index (χ1) is 13.4. The van der Waals surface area contributed by atoms with Crippen LogP contribution in [0.15, 0.2) is 47.1 Å². The Bertz CT molecular complexity index is 782. The maximum absolute atomic E-state index is 13.2. The van der Waals surface area contributed by atoms with Crippen molar-refractivity contribution in [2.45, 2.75) is 19.9 Å². The molecule has 28 heavy (non-hydrogen) atoms. The minimum atomic E-state index is -0.292. The minimum Gasteiger partial charge on any atom is -0.459 e. The highest BCUT2D eigenvalue weighted by Crippen LogP contribution is 2.22. The van der Waals surface area contributed by atoms with Crippen molar-refractivity contribution in [2.24, 2.45) is 5.92 Å². The van der Waals surface area contributed by atoms with Crippen molar-refractivity contribution < 1.29 is 18.4 Å². The Kier molecular flexibility index (Phi) is 6.46. The van der Waals surface area contributed by atoms with E-state index in [1.165, 1.54) is 18.4 Å². The predicted octanol–water partition coefficient (Wildman–Crippen LogP) is 2.69. The third-order valence-electron chi connectivity index (χ3n) is 4.97. The van der Waals surface area contributed by atoms with E-state index in [4.69, 9.17) is 4.42 Å². The number of amides is 2. The van der Waals surface area contributed by atoms with Crippen LogP contribution in [-0.2, 0) is 4.79 Å². The molecule has 2 amide bonds. The van der Waals surface area contributed by atoms with Crippen LogP contribution in [0.4, 0.5) is 4.39 Å². The fraction of sp³-hybridized carbons (Fsp3) is 0.429. The molecule has 1 aromatic carbocycles. The molecule has 7 heteroatoms. The van der Waals surface area contributed by atoms with Gasteiger partial charge in [0, 0.05) is 26.2 Å². The van der Waals surface area contributed by atoms with E-state index in [9.17, 15) is 14.0 Å². The van der Waals surface area contributed by atoms with E-state index in [0.29, 0.717) is 31.9 Å². The molecule has 1 unspecified atom stereocenters. The van der Waals surface area contributed by atoms with Gasteiger partial charge in [-0.3, -0.25) is 14.5 Å². The second-order valence-corrected chi connectivity index (χ2v) is 7.39. The number of nitrogens with one attached hydrogen (secondary N) is 1. The van der Waals surface area contributed by atoms with Crippen LogP contribution in [0, 0.1) is 11.7 Å². The number of furan rings is 1. The molecule has 1 atom stereocenters. The third kappa shape index (κ3) is 4.98. The van der Waals surface area contributed by atoms with Gasteiger partial charge < -0.3 is 14.6 Å². The molecule has 2 heterocycles. The Morgan fingerprint density at radius 3 is 2.36 bits per heavy atom. The summed E-state index contributed by atoms with van der Waals surface area (Å²) >= 11 is 0. The van der Waals surface area contributed by atoms with Gasteiger partial charge in [0.2, 0.25) is 5.91 Å². The minimum absolute atomic E-state index is 0.0752. The summed E-state index contributed by atoms with van der Waals surface area (Å²) in [4.78, 5) is 28.6. The van der Waals surface area contributed by atoms with Crippen LogP contribution >= 0.6 is 0 Å². The summed E-state index contributed by atoms with van der Waals surface area (Å²) in [6.45, 7) is 6.68. The van der Waals surface area contributed by atoms with Crippen molar-refractivity contribution in [1.29, 1.82) is 0 Å². The molecule has 0 spiro atoms. The summed E-state index contributed by atoms with van der Waals surface area (Å²) in [7, 11) is 0. The molecule has 150 valence electrons. The summed E-state index contributed by atoms with van der Waals surface area (Å²) in [5.41, 5.74) is 0.888. The van der Waals surface area contributed by atoms with Crippen LogP contribution in [0.25, 0.3) is 0 Å². The normalized spacial score (nSPS) is 16.2. The molecule has 1 saturated heterocycles. The molecule has 1 N–H and O–H groups in total. The van der Waals surface area contributed by atoms with Crippen molar-refractivity contribution in [3.05, 3.63) is 59.8 Å². The highest BCUT2D eigenvalue weighted by molar-refractivity contribution is 5.91. The number of carbonyl (C=O) groups is 2. The summed E-state index contributed by atoms with van der Waals surface area (Å²) in [6, 6.07) is 9.41. The first-order valence-electron chi connectivity index (χ1n) is 9.54. The average molecular weight is 387 g/mol. The lowest BCUT2D eigenvalue weighted by Gasteiger charge is -2.34. The van der Waals surface area contributed by atoms with E-state index in [1.807, 2.05) is 18.7 Å². The number of rotatable bonds is 6.